The van der Waals surface area contributed by atoms with E-state index in [1.54, 1.807) is 0 Å². The summed E-state index contributed by atoms with van der Waals surface area (Å²) >= 11 is 0. The Morgan fingerprint density at radius 3 is 2.65 bits per heavy atom. The van der Waals surface area contributed by atoms with E-state index >= 15 is 0 Å². The Kier molecular flexibility index (Phi) is 3.92. The normalized spacial score (nSPS) is 19.4. The molecule has 0 bridgehead atoms. The summed E-state index contributed by atoms with van der Waals surface area (Å²) in [7, 11) is 0. The summed E-state index contributed by atoms with van der Waals surface area (Å²) in [6.07, 6.45) is -2.37. The third-order valence-electron chi connectivity index (χ3n) is 3.83. The maximum absolute atomic E-state index is 12.9. The van der Waals surface area contributed by atoms with Gasteiger partial charge < -0.3 is 10.6 Å². The van der Waals surface area contributed by atoms with Crippen LogP contribution in [0.25, 0.3) is 0 Å². The molecular weight excluding hydrogens is 267 g/mol. The summed E-state index contributed by atoms with van der Waals surface area (Å²) in [6.45, 7) is 3.79. The van der Waals surface area contributed by atoms with Gasteiger partial charge in [0.15, 0.2) is 0 Å². The van der Waals surface area contributed by atoms with Gasteiger partial charge in [0.05, 0.1) is 5.56 Å². The first kappa shape index (κ1) is 14.7. The molecule has 6 heteroatoms. The zero-order valence-electron chi connectivity index (χ0n) is 11.3. The summed E-state index contributed by atoms with van der Waals surface area (Å²) in [4.78, 5) is 2.06. The lowest BCUT2D eigenvalue weighted by atomic mass is 10.0. The molecule has 1 unspecified atom stereocenters. The van der Waals surface area contributed by atoms with E-state index in [4.69, 9.17) is 11.1 Å². The third kappa shape index (κ3) is 2.89. The molecule has 1 saturated heterocycles. The number of halogens is 3. The van der Waals surface area contributed by atoms with Crippen molar-refractivity contribution in [3.63, 3.8) is 0 Å². The predicted octanol–water partition coefficient (Wildman–Crippen LogP) is 3.23. The molecule has 0 aromatic heterocycles. The first-order valence-corrected chi connectivity index (χ1v) is 6.63. The highest BCUT2D eigenvalue weighted by Crippen LogP contribution is 2.35. The Bertz CT molecular complexity index is 511. The van der Waals surface area contributed by atoms with Crippen LogP contribution in [-0.2, 0) is 6.18 Å². The Balaban J connectivity index is 2.34. The molecular formula is C14H18F3N3. The number of rotatable bonds is 3. The van der Waals surface area contributed by atoms with Gasteiger partial charge in [0, 0.05) is 24.3 Å². The number of hydrogen-bond donors (Lipinski definition) is 2. The van der Waals surface area contributed by atoms with Gasteiger partial charge in [-0.15, -0.1) is 0 Å². The van der Waals surface area contributed by atoms with E-state index in [1.807, 2.05) is 0 Å². The van der Waals surface area contributed by atoms with Gasteiger partial charge in [-0.3, -0.25) is 5.41 Å². The lowest BCUT2D eigenvalue weighted by Gasteiger charge is -2.21. The standard InChI is InChI=1S/C14H18F3N3/c1-2-9-5-6-20(8-9)10-3-4-12(14(15,16)17)11(7-10)13(18)19/h3-4,7,9H,2,5-6,8H2,1H3,(H3,18,19). The molecule has 1 aliphatic heterocycles. The van der Waals surface area contributed by atoms with E-state index in [0.717, 1.165) is 32.0 Å². The molecule has 0 amide bonds. The molecule has 1 atom stereocenters. The number of amidine groups is 1. The smallest absolute Gasteiger partial charge is 0.384 e. The van der Waals surface area contributed by atoms with Gasteiger partial charge in [-0.2, -0.15) is 13.2 Å². The van der Waals surface area contributed by atoms with Gasteiger partial charge in [-0.05, 0) is 30.5 Å². The van der Waals surface area contributed by atoms with Crippen LogP contribution in [0.2, 0.25) is 0 Å². The molecule has 0 radical (unpaired) electrons. The van der Waals surface area contributed by atoms with Crippen LogP contribution in [0, 0.1) is 11.3 Å². The first-order valence-electron chi connectivity index (χ1n) is 6.63. The SMILES string of the molecule is CCC1CCN(c2ccc(C(F)(F)F)c(C(=N)N)c2)C1. The van der Waals surface area contributed by atoms with E-state index < -0.39 is 17.6 Å². The highest BCUT2D eigenvalue weighted by molar-refractivity contribution is 5.97. The molecule has 2 rings (SSSR count). The summed E-state index contributed by atoms with van der Waals surface area (Å²) in [5.74, 6) is 0.0310. The van der Waals surface area contributed by atoms with Crippen molar-refractivity contribution in [3.05, 3.63) is 29.3 Å². The van der Waals surface area contributed by atoms with Crippen molar-refractivity contribution in [1.82, 2.24) is 0 Å². The summed E-state index contributed by atoms with van der Waals surface area (Å²) in [5.41, 5.74) is 4.92. The van der Waals surface area contributed by atoms with Crippen molar-refractivity contribution in [1.29, 1.82) is 5.41 Å². The van der Waals surface area contributed by atoms with E-state index in [9.17, 15) is 13.2 Å². The van der Waals surface area contributed by atoms with Crippen molar-refractivity contribution < 1.29 is 13.2 Å². The van der Waals surface area contributed by atoms with Gasteiger partial charge in [-0.25, -0.2) is 0 Å². The second-order valence-corrected chi connectivity index (χ2v) is 5.15. The Morgan fingerprint density at radius 1 is 1.45 bits per heavy atom. The molecule has 0 saturated carbocycles. The van der Waals surface area contributed by atoms with Crippen molar-refractivity contribution >= 4 is 11.5 Å². The van der Waals surface area contributed by atoms with Crippen LogP contribution in [0.5, 0.6) is 0 Å². The largest absolute Gasteiger partial charge is 0.417 e. The van der Waals surface area contributed by atoms with Gasteiger partial charge >= 0.3 is 6.18 Å². The number of nitrogens with two attached hydrogens (primary N) is 1. The zero-order chi connectivity index (χ0) is 14.9. The second-order valence-electron chi connectivity index (χ2n) is 5.15. The number of nitrogens with zero attached hydrogens (tertiary/aromatic N) is 1. The average molecular weight is 285 g/mol. The van der Waals surface area contributed by atoms with E-state index in [2.05, 4.69) is 11.8 Å². The quantitative estimate of drug-likeness (QED) is 0.661. The van der Waals surface area contributed by atoms with Crippen molar-refractivity contribution in [3.8, 4) is 0 Å². The fraction of sp³-hybridized carbons (Fsp3) is 0.500. The van der Waals surface area contributed by atoms with Crippen molar-refractivity contribution in [2.45, 2.75) is 25.9 Å². The maximum Gasteiger partial charge on any atom is 0.417 e. The molecule has 20 heavy (non-hydrogen) atoms. The second kappa shape index (κ2) is 5.34. The van der Waals surface area contributed by atoms with Crippen molar-refractivity contribution in [2.75, 3.05) is 18.0 Å². The van der Waals surface area contributed by atoms with Crippen LogP contribution in [0.1, 0.15) is 30.9 Å². The van der Waals surface area contributed by atoms with Gasteiger partial charge in [-0.1, -0.05) is 13.3 Å². The molecule has 1 aromatic rings. The number of benzene rings is 1. The van der Waals surface area contributed by atoms with Crippen LogP contribution in [0.3, 0.4) is 0 Å². The Morgan fingerprint density at radius 2 is 2.15 bits per heavy atom. The van der Waals surface area contributed by atoms with Gasteiger partial charge in [0.25, 0.3) is 0 Å². The van der Waals surface area contributed by atoms with Crippen LogP contribution < -0.4 is 10.6 Å². The fourth-order valence-corrected chi connectivity index (χ4v) is 2.60. The number of nitrogens with one attached hydrogen (secondary N) is 1. The zero-order valence-corrected chi connectivity index (χ0v) is 11.3. The van der Waals surface area contributed by atoms with Gasteiger partial charge in [0.1, 0.15) is 5.84 Å². The van der Waals surface area contributed by atoms with Gasteiger partial charge in [0.2, 0.25) is 0 Å². The minimum absolute atomic E-state index is 0.241. The molecule has 1 fully saturated rings. The Labute approximate surface area is 116 Å². The topological polar surface area (TPSA) is 53.1 Å². The average Bonchev–Trinajstić information content (AvgIpc) is 2.85. The number of alkyl halides is 3. The fourth-order valence-electron chi connectivity index (χ4n) is 2.60. The molecule has 3 nitrogen and oxygen atoms in total. The summed E-state index contributed by atoms with van der Waals surface area (Å²) in [5, 5.41) is 7.36. The number of nitrogen functional groups attached to an aromatic ring is 1. The molecule has 1 aromatic carbocycles. The molecule has 1 heterocycles. The lowest BCUT2D eigenvalue weighted by Crippen LogP contribution is -2.23. The molecule has 1 aliphatic rings. The summed E-state index contributed by atoms with van der Waals surface area (Å²) in [6, 6.07) is 3.86. The molecule has 0 aliphatic carbocycles. The van der Waals surface area contributed by atoms with Crippen molar-refractivity contribution in [2.24, 2.45) is 11.7 Å². The first-order chi connectivity index (χ1) is 9.32. The number of hydrogen-bond acceptors (Lipinski definition) is 2. The van der Waals surface area contributed by atoms with Crippen LogP contribution >= 0.6 is 0 Å². The molecule has 110 valence electrons. The minimum atomic E-state index is -4.49. The third-order valence-corrected chi connectivity index (χ3v) is 3.83. The van der Waals surface area contributed by atoms with Crippen LogP contribution in [-0.4, -0.2) is 18.9 Å². The molecule has 0 spiro atoms. The van der Waals surface area contributed by atoms with E-state index in [0.29, 0.717) is 11.6 Å². The minimum Gasteiger partial charge on any atom is -0.384 e. The van der Waals surface area contributed by atoms with Crippen LogP contribution in [0.4, 0.5) is 18.9 Å². The molecule has 3 N–H and O–H groups in total. The van der Waals surface area contributed by atoms with Crippen LogP contribution in [0.15, 0.2) is 18.2 Å². The maximum atomic E-state index is 12.9. The predicted molar refractivity (Wildman–Crippen MR) is 73.1 cm³/mol. The summed E-state index contributed by atoms with van der Waals surface area (Å²) < 4.78 is 38.6. The lowest BCUT2D eigenvalue weighted by molar-refractivity contribution is -0.137. The van der Waals surface area contributed by atoms with E-state index in [1.165, 1.54) is 12.1 Å². The van der Waals surface area contributed by atoms with E-state index in [-0.39, 0.29) is 5.56 Å². The highest BCUT2D eigenvalue weighted by atomic mass is 19.4. The number of anilines is 1. The highest BCUT2D eigenvalue weighted by Gasteiger charge is 2.34. The Hall–Kier alpha value is -1.72. The monoisotopic (exact) mass is 285 g/mol.